The molecule has 0 saturated carbocycles. The number of rotatable bonds is 7. The number of piperidine rings is 1. The highest BCUT2D eigenvalue weighted by molar-refractivity contribution is 7.89. The van der Waals surface area contributed by atoms with E-state index in [1.807, 2.05) is 12.1 Å². The topological polar surface area (TPSA) is 97.3 Å². The normalized spacial score (nSPS) is 19.7. The highest BCUT2D eigenvalue weighted by Crippen LogP contribution is 2.42. The molecule has 0 radical (unpaired) electrons. The van der Waals surface area contributed by atoms with Crippen molar-refractivity contribution in [3.05, 3.63) is 24.3 Å². The van der Waals surface area contributed by atoms with Gasteiger partial charge in [-0.1, -0.05) is 0 Å². The highest BCUT2D eigenvalue weighted by Gasteiger charge is 2.33. The van der Waals surface area contributed by atoms with Gasteiger partial charge in [0.2, 0.25) is 15.8 Å². The molecule has 34 heavy (non-hydrogen) atoms. The molecule has 0 bridgehead atoms. The summed E-state index contributed by atoms with van der Waals surface area (Å²) in [4.78, 5) is 4.43. The summed E-state index contributed by atoms with van der Waals surface area (Å²) >= 11 is 0. The Morgan fingerprint density at radius 3 is 2.09 bits per heavy atom. The van der Waals surface area contributed by atoms with Crippen molar-refractivity contribution in [1.29, 1.82) is 0 Å². The molecule has 2 aliphatic heterocycles. The first-order valence-corrected chi connectivity index (χ1v) is 13.0. The van der Waals surface area contributed by atoms with Crippen LogP contribution < -0.4 is 24.0 Å². The van der Waals surface area contributed by atoms with Gasteiger partial charge < -0.3 is 24.0 Å². The Labute approximate surface area is 201 Å². The van der Waals surface area contributed by atoms with E-state index in [4.69, 9.17) is 14.2 Å². The molecule has 1 aromatic heterocycles. The van der Waals surface area contributed by atoms with Gasteiger partial charge in [0.15, 0.2) is 23.1 Å². The van der Waals surface area contributed by atoms with E-state index < -0.39 is 10.0 Å². The maximum absolute atomic E-state index is 13.4. The van der Waals surface area contributed by atoms with Crippen molar-refractivity contribution < 1.29 is 22.6 Å². The maximum Gasteiger partial charge on any atom is 0.247 e. The summed E-state index contributed by atoms with van der Waals surface area (Å²) < 4.78 is 44.3. The van der Waals surface area contributed by atoms with Crippen LogP contribution in [0, 0.1) is 0 Å². The van der Waals surface area contributed by atoms with E-state index in [0.29, 0.717) is 38.0 Å². The minimum absolute atomic E-state index is 0.0564. The molecule has 1 atom stereocenters. The molecule has 2 aromatic rings. The van der Waals surface area contributed by atoms with E-state index in [1.165, 1.54) is 51.0 Å². The molecule has 0 spiro atoms. The zero-order valence-corrected chi connectivity index (χ0v) is 21.0. The van der Waals surface area contributed by atoms with Gasteiger partial charge in [-0.15, -0.1) is 10.2 Å². The highest BCUT2D eigenvalue weighted by atomic mass is 32.2. The number of hydrogen-bond acceptors (Lipinski definition) is 9. The zero-order valence-electron chi connectivity index (χ0n) is 20.2. The lowest BCUT2D eigenvalue weighted by molar-refractivity contribution is 0.316. The molecule has 0 amide bonds. The number of aromatic nitrogens is 2. The van der Waals surface area contributed by atoms with Gasteiger partial charge in [-0.2, -0.15) is 4.31 Å². The lowest BCUT2D eigenvalue weighted by atomic mass is 10.0. The van der Waals surface area contributed by atoms with Crippen molar-refractivity contribution in [1.82, 2.24) is 14.5 Å². The third kappa shape index (κ3) is 4.58. The number of ether oxygens (including phenoxy) is 3. The molecule has 2 saturated heterocycles. The van der Waals surface area contributed by atoms with E-state index in [-0.39, 0.29) is 16.4 Å². The molecule has 3 heterocycles. The van der Waals surface area contributed by atoms with Gasteiger partial charge >= 0.3 is 0 Å². The van der Waals surface area contributed by atoms with Gasteiger partial charge in [-0.3, -0.25) is 0 Å². The van der Waals surface area contributed by atoms with Gasteiger partial charge in [-0.05, 0) is 50.5 Å². The Hall–Kier alpha value is -2.79. The number of benzene rings is 1. The predicted octanol–water partition coefficient (Wildman–Crippen LogP) is 2.39. The number of methoxy groups -OCH3 is 3. The van der Waals surface area contributed by atoms with Gasteiger partial charge in [0.05, 0.1) is 21.3 Å². The summed E-state index contributed by atoms with van der Waals surface area (Å²) in [5.74, 6) is 2.46. The number of hydrogen-bond donors (Lipinski definition) is 0. The molecule has 4 rings (SSSR count). The molecule has 1 unspecified atom stereocenters. The minimum atomic E-state index is -3.79. The van der Waals surface area contributed by atoms with Crippen LogP contribution in [-0.4, -0.2) is 83.0 Å². The lowest BCUT2D eigenvalue weighted by Crippen LogP contribution is -2.49. The number of anilines is 2. The van der Waals surface area contributed by atoms with Crippen molar-refractivity contribution in [2.24, 2.45) is 0 Å². The van der Waals surface area contributed by atoms with Gasteiger partial charge in [0, 0.05) is 38.8 Å². The second kappa shape index (κ2) is 10.2. The summed E-state index contributed by atoms with van der Waals surface area (Å²) in [5, 5.41) is 8.90. The summed E-state index contributed by atoms with van der Waals surface area (Å²) in [6.45, 7) is 4.91. The largest absolute Gasteiger partial charge is 0.493 e. The molecule has 0 aliphatic carbocycles. The second-order valence-corrected chi connectivity index (χ2v) is 10.4. The maximum atomic E-state index is 13.4. The van der Waals surface area contributed by atoms with Crippen LogP contribution in [0.4, 0.5) is 11.6 Å². The van der Waals surface area contributed by atoms with Crippen molar-refractivity contribution in [3.8, 4) is 17.2 Å². The van der Waals surface area contributed by atoms with E-state index in [1.54, 1.807) is 6.07 Å². The number of nitrogens with zero attached hydrogens (tertiary/aromatic N) is 5. The van der Waals surface area contributed by atoms with Crippen LogP contribution in [0.25, 0.3) is 0 Å². The van der Waals surface area contributed by atoms with Crippen LogP contribution in [0.5, 0.6) is 17.2 Å². The van der Waals surface area contributed by atoms with Crippen LogP contribution in [0.2, 0.25) is 0 Å². The fourth-order valence-corrected chi connectivity index (χ4v) is 6.22. The van der Waals surface area contributed by atoms with E-state index >= 15 is 0 Å². The third-order valence-corrected chi connectivity index (χ3v) is 8.50. The summed E-state index contributed by atoms with van der Waals surface area (Å²) in [7, 11) is 0.571. The average molecular weight is 492 g/mol. The smallest absolute Gasteiger partial charge is 0.247 e. The summed E-state index contributed by atoms with van der Waals surface area (Å²) in [6.07, 6.45) is 3.60. The van der Waals surface area contributed by atoms with Gasteiger partial charge in [0.25, 0.3) is 0 Å². The molecule has 10 nitrogen and oxygen atoms in total. The first-order chi connectivity index (χ1) is 16.4. The SMILES string of the molecule is COc1ccc(S(=O)(=O)N2CCN(c3ccc(N4CCCCC4C)nn3)CC2)c(OC)c1OC. The van der Waals surface area contributed by atoms with Crippen molar-refractivity contribution in [3.63, 3.8) is 0 Å². The molecule has 2 fully saturated rings. The standard InChI is InChI=1S/C23H33N5O5S/c1-17-7-5-6-12-28(17)21-11-10-20(24-25-21)26-13-15-27(16-14-26)34(29,30)19-9-8-18(31-2)22(32-3)23(19)33-4/h8-11,17H,5-7,12-16H2,1-4H3. The monoisotopic (exact) mass is 491 g/mol. The predicted molar refractivity (Wildman–Crippen MR) is 130 cm³/mol. The minimum Gasteiger partial charge on any atom is -0.493 e. The molecule has 2 aliphatic rings. The molecule has 11 heteroatoms. The molecule has 0 N–H and O–H groups in total. The number of sulfonamides is 1. The van der Waals surface area contributed by atoms with E-state index in [2.05, 4.69) is 26.9 Å². The quantitative estimate of drug-likeness (QED) is 0.578. The average Bonchev–Trinajstić information content (AvgIpc) is 2.88. The van der Waals surface area contributed by atoms with Gasteiger partial charge in [0.1, 0.15) is 4.90 Å². The van der Waals surface area contributed by atoms with Crippen LogP contribution in [0.3, 0.4) is 0 Å². The Morgan fingerprint density at radius 1 is 0.824 bits per heavy atom. The van der Waals surface area contributed by atoms with E-state index in [9.17, 15) is 8.42 Å². The van der Waals surface area contributed by atoms with Crippen LogP contribution in [0.15, 0.2) is 29.2 Å². The third-order valence-electron chi connectivity index (χ3n) is 6.58. The Bertz CT molecular complexity index is 1090. The molecule has 186 valence electrons. The molecule has 1 aromatic carbocycles. The Balaban J connectivity index is 1.46. The number of piperazine rings is 1. The molecular weight excluding hydrogens is 458 g/mol. The zero-order chi connectivity index (χ0) is 24.3. The van der Waals surface area contributed by atoms with Crippen molar-refractivity contribution in [2.75, 3.05) is 63.9 Å². The Morgan fingerprint density at radius 2 is 1.50 bits per heavy atom. The fraction of sp³-hybridized carbons (Fsp3) is 0.565. The summed E-state index contributed by atoms with van der Waals surface area (Å²) in [5.41, 5.74) is 0. The van der Waals surface area contributed by atoms with Gasteiger partial charge in [-0.25, -0.2) is 8.42 Å². The second-order valence-electron chi connectivity index (χ2n) is 8.51. The Kier molecular flexibility index (Phi) is 7.32. The van der Waals surface area contributed by atoms with Crippen molar-refractivity contribution in [2.45, 2.75) is 37.1 Å². The van der Waals surface area contributed by atoms with Crippen LogP contribution in [-0.2, 0) is 10.0 Å². The first-order valence-electron chi connectivity index (χ1n) is 11.5. The van der Waals surface area contributed by atoms with Crippen LogP contribution in [0.1, 0.15) is 26.2 Å². The summed E-state index contributed by atoms with van der Waals surface area (Å²) in [6, 6.07) is 7.53. The lowest BCUT2D eigenvalue weighted by Gasteiger charge is -2.36. The van der Waals surface area contributed by atoms with Crippen molar-refractivity contribution >= 4 is 21.7 Å². The first kappa shape index (κ1) is 24.3. The fourth-order valence-electron chi connectivity index (χ4n) is 4.65. The van der Waals surface area contributed by atoms with Crippen LogP contribution >= 0.6 is 0 Å². The molecular formula is C23H33N5O5S. The van der Waals surface area contributed by atoms with E-state index in [0.717, 1.165) is 18.2 Å².